The van der Waals surface area contributed by atoms with E-state index in [1.807, 2.05) is 0 Å². The Bertz CT molecular complexity index is 3060. The molecule has 1 aromatic rings. The number of fused-ring (bicyclic) bond motifs is 37. The number of aromatic hydroxyl groups is 1. The van der Waals surface area contributed by atoms with E-state index >= 15 is 0 Å². The molecule has 0 spiro atoms. The first-order chi connectivity index (χ1) is 46.2. The third-order valence-electron chi connectivity index (χ3n) is 15.3. The molecule has 4 saturated heterocycles. The number of hydrogen-bond acceptors (Lipinski definition) is 24. The normalized spacial score (nSPS) is 27.6. The highest BCUT2D eigenvalue weighted by Crippen LogP contribution is 2.26. The number of rotatable bonds is 16. The van der Waals surface area contributed by atoms with Crippen molar-refractivity contribution in [3.8, 4) is 5.75 Å². The fourth-order valence-corrected chi connectivity index (χ4v) is 14.0. The van der Waals surface area contributed by atoms with Crippen molar-refractivity contribution in [1.82, 2.24) is 79.8 Å². The summed E-state index contributed by atoms with van der Waals surface area (Å²) in [6.07, 6.45) is -3.87. The Morgan fingerprint density at radius 1 is 0.592 bits per heavy atom. The lowest BCUT2D eigenvalue weighted by molar-refractivity contribution is -0.141. The average Bonchev–Trinajstić information content (AvgIpc) is 0.958. The van der Waals surface area contributed by atoms with Crippen molar-refractivity contribution in [3.63, 3.8) is 0 Å². The van der Waals surface area contributed by atoms with E-state index in [0.717, 1.165) is 35.4 Å². The zero-order valence-electron chi connectivity index (χ0n) is 54.6. The highest BCUT2D eigenvalue weighted by molar-refractivity contribution is 8.77. The molecule has 14 amide bonds. The summed E-state index contributed by atoms with van der Waals surface area (Å²) in [5, 5.41) is 88.1. The van der Waals surface area contributed by atoms with Crippen LogP contribution in [0.3, 0.4) is 0 Å². The van der Waals surface area contributed by atoms with Crippen LogP contribution in [0.5, 0.6) is 5.75 Å². The summed E-state index contributed by atoms with van der Waals surface area (Å²) < 4.78 is 0. The molecule has 98 heavy (non-hydrogen) atoms. The third-order valence-corrected chi connectivity index (χ3v) is 20.2. The van der Waals surface area contributed by atoms with Gasteiger partial charge in [0.15, 0.2) is 0 Å². The summed E-state index contributed by atoms with van der Waals surface area (Å²) in [5.41, 5.74) is 0.383. The molecule has 4 aliphatic heterocycles. The van der Waals surface area contributed by atoms with Gasteiger partial charge in [-0.1, -0.05) is 75.6 Å². The summed E-state index contributed by atoms with van der Waals surface area (Å²) >= 11 is 0. The summed E-state index contributed by atoms with van der Waals surface area (Å²) in [4.78, 5) is 220. The Morgan fingerprint density at radius 2 is 1.12 bits per heavy atom. The monoisotopic (exact) mass is 1460 g/mol. The highest BCUT2D eigenvalue weighted by Gasteiger charge is 2.39. The van der Waals surface area contributed by atoms with Crippen molar-refractivity contribution in [2.45, 2.75) is 178 Å². The molecule has 4 heterocycles. The van der Waals surface area contributed by atoms with Gasteiger partial charge in [-0.15, -0.1) is 0 Å². The molecular weight excluding hydrogens is 1370 g/mol. The van der Waals surface area contributed by atoms with Crippen LogP contribution in [-0.2, 0) is 83.1 Å². The Morgan fingerprint density at radius 3 is 1.69 bits per heavy atom. The van der Waals surface area contributed by atoms with Crippen LogP contribution in [0, 0.1) is 5.92 Å². The van der Waals surface area contributed by atoms with Crippen molar-refractivity contribution in [2.24, 2.45) is 5.92 Å². The number of nitrogens with one attached hydrogen (secondary N) is 15. The van der Waals surface area contributed by atoms with Gasteiger partial charge in [0.2, 0.25) is 82.7 Å². The van der Waals surface area contributed by atoms with Gasteiger partial charge in [0, 0.05) is 35.9 Å². The lowest BCUT2D eigenvalue weighted by atomic mass is 9.97. The van der Waals surface area contributed by atoms with Crippen LogP contribution in [0.25, 0.3) is 0 Å². The van der Waals surface area contributed by atoms with E-state index in [1.54, 1.807) is 6.92 Å². The molecule has 4 aliphatic rings. The van der Waals surface area contributed by atoms with Gasteiger partial charge >= 0.3 is 11.9 Å². The number of aliphatic carboxylic acids is 2. The fraction of sp³-hybridized carbons (Fsp3) is 0.621. The maximum atomic E-state index is 14.7. The van der Waals surface area contributed by atoms with Gasteiger partial charge < -0.3 is 105 Å². The summed E-state index contributed by atoms with van der Waals surface area (Å²) in [6.45, 7) is 7.91. The molecule has 2 bridgehead atoms. The van der Waals surface area contributed by atoms with E-state index in [0.29, 0.717) is 46.5 Å². The Labute approximate surface area is 578 Å². The lowest BCUT2D eigenvalue weighted by Crippen LogP contribution is -2.62. The zero-order valence-corrected chi connectivity index (χ0v) is 57.9. The zero-order chi connectivity index (χ0) is 73.1. The highest BCUT2D eigenvalue weighted by atomic mass is 33.1. The molecule has 36 nitrogen and oxygen atoms in total. The summed E-state index contributed by atoms with van der Waals surface area (Å²) in [5.74, 6) is -20.8. The smallest absolute Gasteiger partial charge is 0.327 e. The van der Waals surface area contributed by atoms with E-state index in [4.69, 9.17) is 0 Å². The molecule has 0 radical (unpaired) electrons. The number of carbonyl (C=O) groups excluding carboxylic acids is 14. The van der Waals surface area contributed by atoms with E-state index in [9.17, 15) is 102 Å². The molecule has 16 atom stereocenters. The first-order valence-corrected chi connectivity index (χ1v) is 36.2. The number of aliphatic hydroxyl groups excluding tert-OH is 2. The van der Waals surface area contributed by atoms with Crippen molar-refractivity contribution in [1.29, 1.82) is 0 Å². The topological polar surface area (TPSA) is 555 Å². The molecule has 4 fully saturated rings. The van der Waals surface area contributed by atoms with Crippen LogP contribution in [0.2, 0.25) is 0 Å². The summed E-state index contributed by atoms with van der Waals surface area (Å²) in [6, 6.07) is -15.5. The second-order valence-corrected chi connectivity index (χ2v) is 28.5. The van der Waals surface area contributed by atoms with Gasteiger partial charge in [-0.05, 0) is 84.0 Å². The second kappa shape index (κ2) is 40.6. The molecule has 1 aromatic carbocycles. The molecule has 5 rings (SSSR count). The van der Waals surface area contributed by atoms with Gasteiger partial charge in [-0.25, -0.2) is 4.79 Å². The van der Waals surface area contributed by atoms with E-state index in [-0.39, 0.29) is 18.6 Å². The van der Waals surface area contributed by atoms with Gasteiger partial charge in [-0.2, -0.15) is 0 Å². The van der Waals surface area contributed by atoms with Crippen LogP contribution in [0.4, 0.5) is 0 Å². The van der Waals surface area contributed by atoms with Gasteiger partial charge in [0.1, 0.15) is 78.3 Å². The van der Waals surface area contributed by atoms with E-state index in [2.05, 4.69) is 79.8 Å². The predicted molar refractivity (Wildman–Crippen MR) is 356 cm³/mol. The number of hydrogen-bond donors (Lipinski definition) is 20. The number of carbonyl (C=O) groups is 16. The Balaban J connectivity index is 1.92. The number of benzene rings is 1. The second-order valence-electron chi connectivity index (χ2n) is 23.4. The molecule has 2 unspecified atom stereocenters. The predicted octanol–water partition coefficient (Wildman–Crippen LogP) is -6.66. The van der Waals surface area contributed by atoms with Crippen molar-refractivity contribution >= 4 is 138 Å². The number of carboxylic acids is 2. The van der Waals surface area contributed by atoms with Crippen molar-refractivity contribution in [3.05, 3.63) is 29.8 Å². The van der Waals surface area contributed by atoms with Crippen molar-refractivity contribution in [2.75, 3.05) is 42.6 Å². The Hall–Kier alpha value is -8.18. The van der Waals surface area contributed by atoms with Crippen LogP contribution >= 0.6 is 43.2 Å². The van der Waals surface area contributed by atoms with E-state index in [1.165, 1.54) is 52.0 Å². The first-order valence-electron chi connectivity index (χ1n) is 31.2. The Kier molecular flexibility index (Phi) is 34.1. The average molecular weight is 1460 g/mol. The molecule has 0 aromatic heterocycles. The maximum Gasteiger partial charge on any atom is 0.327 e. The number of phenolic OH excluding ortho intramolecular Hbond substituents is 1. The van der Waals surface area contributed by atoms with E-state index < -0.39 is 240 Å². The van der Waals surface area contributed by atoms with Crippen molar-refractivity contribution < 1.29 is 102 Å². The van der Waals surface area contributed by atoms with Gasteiger partial charge in [0.05, 0.1) is 31.3 Å². The minimum Gasteiger partial charge on any atom is -0.508 e. The molecule has 0 saturated carbocycles. The van der Waals surface area contributed by atoms with Gasteiger partial charge in [-0.3, -0.25) is 71.9 Å². The maximum absolute atomic E-state index is 14.7. The molecule has 0 aliphatic carbocycles. The third kappa shape index (κ3) is 27.3. The minimum atomic E-state index is -1.91. The number of aliphatic hydroxyl groups is 2. The van der Waals surface area contributed by atoms with Gasteiger partial charge in [0.25, 0.3) is 0 Å². The minimum absolute atomic E-state index is 0.137. The molecule has 544 valence electrons. The number of carboxylic acid groups (broad SMARTS) is 2. The molecule has 40 heteroatoms. The summed E-state index contributed by atoms with van der Waals surface area (Å²) in [7, 11) is 2.96. The SMILES string of the molecule is CC[C@H](C)[C@@H]1NC(=O)[C@H](CCC(=O)O)NC(=O)[C@@H](NC(=O)[C@@H](NC(=O)CNC(=O)[C@@H]2CCCN2)[C@@H](C)O)CSSC[C@@H]2NC(=O)[C@H](C)NC(=O)[C@H](C)NC(=O)C(Cc3ccc(O)cc3)NC(=O)[C@H](C)NC(=O)[C@H](CSSCC(C(=O)O)NC(=O)CNC(=O)[C@H]([C@@H](C)O)NC2=O)NC1=O. The van der Waals surface area contributed by atoms with Crippen LogP contribution in [0.15, 0.2) is 24.3 Å². The number of phenols is 1. The standard InChI is InChI=1S/C58H87N15O21S4/c1-8-25(2)43-56(91)69-36-21-97-98-24-39(58(93)94)65-40(77)19-61-55(90)44(29(6)74)73-54(89)38(68-48(83)27(4)62-46(81)26(3)63-51(86)35(18-31-11-13-32(76)14-12-31)67-47(82)28(5)64-52(36)87)23-96-95-22-37(53(88)66-34(50(85)72-43)15-16-42(79)80)70-57(92)45(30(7)75)71-41(78)20-60-49(84)33-10-9-17-59-33/h11-14,25-30,33-39,43-45,59,74-76H,8-10,15-24H2,1-7H3,(H,60,84)(H,61,90)(H,62,81)(H,63,86)(H,64,87)(H,65,77)(H,66,88)(H,67,82)(H,68,83)(H,69,91)(H,70,92)(H,71,78)(H,72,85)(H,73,89)(H,79,80)(H,93,94)/t25-,26-,27-,28-,29+,30+,33-,34-,35?,36-,37-,38-,39?,43-,44-,45-/m0/s1. The number of amides is 14. The largest absolute Gasteiger partial charge is 0.508 e. The molecular formula is C58H87N15O21S4. The first kappa shape index (κ1) is 82.2. The quantitative estimate of drug-likeness (QED) is 0.0540. The van der Waals surface area contributed by atoms with Crippen LogP contribution in [0.1, 0.15) is 86.1 Å². The fourth-order valence-electron chi connectivity index (χ4n) is 9.32. The lowest BCUT2D eigenvalue weighted by Gasteiger charge is -2.29. The van der Waals surface area contributed by atoms with Crippen LogP contribution in [-0.4, -0.2) is 254 Å². The van der Waals surface area contributed by atoms with Crippen LogP contribution < -0.4 is 79.8 Å². The molecule has 20 N–H and O–H groups in total.